The summed E-state index contributed by atoms with van der Waals surface area (Å²) in [4.78, 5) is 11.4. The lowest BCUT2D eigenvalue weighted by atomic mass is 9.67. The zero-order valence-corrected chi connectivity index (χ0v) is 18.7. The molecule has 0 atom stereocenters. The Bertz CT molecular complexity index is 1180. The molecule has 0 unspecified atom stereocenters. The Morgan fingerprint density at radius 3 is 1.77 bits per heavy atom. The van der Waals surface area contributed by atoms with Crippen molar-refractivity contribution in [3.63, 3.8) is 0 Å². The molecule has 0 spiro atoms. The minimum atomic E-state index is -0.505. The van der Waals surface area contributed by atoms with Gasteiger partial charge in [0.05, 0.1) is 5.41 Å². The molecule has 1 aliphatic rings. The SMILES string of the molecule is C=C(/C=C\C(C=O)=C/C)C1(c2ccc(C)cc2)c2cc(C)ccc2-c2ccc(C)cc21. The van der Waals surface area contributed by atoms with Crippen LogP contribution in [0.5, 0.6) is 0 Å². The first-order valence-corrected chi connectivity index (χ1v) is 10.7. The summed E-state index contributed by atoms with van der Waals surface area (Å²) in [6, 6.07) is 22.2. The topological polar surface area (TPSA) is 17.1 Å². The lowest BCUT2D eigenvalue weighted by Gasteiger charge is -2.34. The highest BCUT2D eigenvalue weighted by Gasteiger charge is 2.46. The number of aldehydes is 1. The quantitative estimate of drug-likeness (QED) is 0.250. The Balaban J connectivity index is 2.09. The van der Waals surface area contributed by atoms with E-state index in [0.29, 0.717) is 5.57 Å². The Morgan fingerprint density at radius 1 is 0.774 bits per heavy atom. The predicted octanol–water partition coefficient (Wildman–Crippen LogP) is 7.18. The van der Waals surface area contributed by atoms with Gasteiger partial charge in [-0.05, 0) is 61.1 Å². The third-order valence-corrected chi connectivity index (χ3v) is 6.36. The number of hydrogen-bond acceptors (Lipinski definition) is 1. The lowest BCUT2D eigenvalue weighted by molar-refractivity contribution is -0.104. The first-order chi connectivity index (χ1) is 14.9. The van der Waals surface area contributed by atoms with Crippen molar-refractivity contribution >= 4 is 6.29 Å². The van der Waals surface area contributed by atoms with E-state index in [4.69, 9.17) is 0 Å². The van der Waals surface area contributed by atoms with Gasteiger partial charge in [0.25, 0.3) is 0 Å². The fourth-order valence-electron chi connectivity index (χ4n) is 4.72. The van der Waals surface area contributed by atoms with Gasteiger partial charge in [0.1, 0.15) is 6.29 Å². The highest BCUT2D eigenvalue weighted by molar-refractivity contribution is 5.87. The molecule has 1 aliphatic carbocycles. The van der Waals surface area contributed by atoms with Crippen LogP contribution >= 0.6 is 0 Å². The molecular weight excluding hydrogens is 376 g/mol. The van der Waals surface area contributed by atoms with Crippen LogP contribution in [-0.4, -0.2) is 6.29 Å². The average molecular weight is 405 g/mol. The monoisotopic (exact) mass is 404 g/mol. The fraction of sp³-hybridized carbons (Fsp3) is 0.167. The number of benzene rings is 3. The Hall–Kier alpha value is -3.45. The Morgan fingerprint density at radius 2 is 1.29 bits per heavy atom. The molecule has 0 saturated carbocycles. The van der Waals surface area contributed by atoms with E-state index < -0.39 is 5.41 Å². The first kappa shape index (κ1) is 20.8. The standard InChI is InChI=1S/C30H28O/c1-6-24(19-31)12-11-23(5)30(25-13-7-20(2)8-14-25)28-17-21(3)9-15-26(28)27-16-10-22(4)18-29(27)30/h6-19H,5H2,1-4H3/b12-11-,24-6+. The molecule has 31 heavy (non-hydrogen) atoms. The van der Waals surface area contributed by atoms with E-state index in [1.807, 2.05) is 25.2 Å². The van der Waals surface area contributed by atoms with Crippen molar-refractivity contribution in [1.29, 1.82) is 0 Å². The normalized spacial score (nSPS) is 14.4. The molecule has 3 aromatic rings. The molecule has 0 saturated heterocycles. The maximum Gasteiger partial charge on any atom is 0.149 e. The van der Waals surface area contributed by atoms with Crippen molar-refractivity contribution in [3.05, 3.63) is 130 Å². The van der Waals surface area contributed by atoms with Crippen molar-refractivity contribution < 1.29 is 4.79 Å². The van der Waals surface area contributed by atoms with Crippen LogP contribution in [0.15, 0.2) is 96.6 Å². The second kappa shape index (κ2) is 8.00. The molecule has 1 heteroatoms. The van der Waals surface area contributed by atoms with Crippen LogP contribution in [0, 0.1) is 20.8 Å². The molecule has 0 aromatic heterocycles. The number of hydrogen-bond donors (Lipinski definition) is 0. The number of aryl methyl sites for hydroxylation is 3. The highest BCUT2D eigenvalue weighted by atomic mass is 16.1. The number of carbonyl (C=O) groups excluding carboxylic acids is 1. The molecule has 0 amide bonds. The summed E-state index contributed by atoms with van der Waals surface area (Å²) >= 11 is 0. The fourth-order valence-corrected chi connectivity index (χ4v) is 4.72. The summed E-state index contributed by atoms with van der Waals surface area (Å²) in [6.45, 7) is 12.8. The van der Waals surface area contributed by atoms with Crippen LogP contribution in [0.2, 0.25) is 0 Å². The van der Waals surface area contributed by atoms with Crippen molar-refractivity contribution in [1.82, 2.24) is 0 Å². The van der Waals surface area contributed by atoms with Gasteiger partial charge in [-0.3, -0.25) is 4.79 Å². The predicted molar refractivity (Wildman–Crippen MR) is 131 cm³/mol. The Labute approximate surface area is 185 Å². The number of fused-ring (bicyclic) bond motifs is 3. The van der Waals surface area contributed by atoms with E-state index in [1.165, 1.54) is 44.5 Å². The van der Waals surface area contributed by atoms with Crippen LogP contribution < -0.4 is 0 Å². The largest absolute Gasteiger partial charge is 0.298 e. The molecule has 4 rings (SSSR count). The highest BCUT2D eigenvalue weighted by Crippen LogP contribution is 2.56. The van der Waals surface area contributed by atoms with Crippen LogP contribution in [0.3, 0.4) is 0 Å². The summed E-state index contributed by atoms with van der Waals surface area (Å²) < 4.78 is 0. The number of allylic oxidation sites excluding steroid dienone is 5. The average Bonchev–Trinajstić information content (AvgIpc) is 3.04. The van der Waals surface area contributed by atoms with E-state index in [2.05, 4.69) is 88.0 Å². The van der Waals surface area contributed by atoms with Gasteiger partial charge in [0, 0.05) is 5.57 Å². The second-order valence-electron chi connectivity index (χ2n) is 8.48. The van der Waals surface area contributed by atoms with Crippen LogP contribution in [0.1, 0.15) is 40.3 Å². The van der Waals surface area contributed by atoms with E-state index in [1.54, 1.807) is 0 Å². The maximum atomic E-state index is 11.4. The summed E-state index contributed by atoms with van der Waals surface area (Å²) in [5.41, 5.74) is 10.9. The minimum Gasteiger partial charge on any atom is -0.298 e. The van der Waals surface area contributed by atoms with Gasteiger partial charge in [-0.15, -0.1) is 0 Å². The molecule has 0 aliphatic heterocycles. The van der Waals surface area contributed by atoms with Crippen LogP contribution in [0.25, 0.3) is 11.1 Å². The molecular formula is C30H28O. The third kappa shape index (κ3) is 3.31. The molecule has 3 aromatic carbocycles. The summed E-state index contributed by atoms with van der Waals surface area (Å²) in [7, 11) is 0. The summed E-state index contributed by atoms with van der Waals surface area (Å²) in [5, 5.41) is 0. The smallest absolute Gasteiger partial charge is 0.149 e. The maximum absolute atomic E-state index is 11.4. The zero-order valence-electron chi connectivity index (χ0n) is 18.7. The van der Waals surface area contributed by atoms with Gasteiger partial charge >= 0.3 is 0 Å². The molecule has 154 valence electrons. The van der Waals surface area contributed by atoms with Gasteiger partial charge in [-0.25, -0.2) is 0 Å². The number of rotatable bonds is 5. The zero-order chi connectivity index (χ0) is 22.2. The molecule has 0 heterocycles. The molecule has 1 nitrogen and oxygen atoms in total. The minimum absolute atomic E-state index is 0.505. The summed E-state index contributed by atoms with van der Waals surface area (Å²) in [5.74, 6) is 0. The number of carbonyl (C=O) groups is 1. The van der Waals surface area contributed by atoms with Crippen LogP contribution in [-0.2, 0) is 10.2 Å². The van der Waals surface area contributed by atoms with Crippen molar-refractivity contribution in [2.75, 3.05) is 0 Å². The van der Waals surface area contributed by atoms with Gasteiger partial charge in [0.2, 0.25) is 0 Å². The molecule has 0 fully saturated rings. The van der Waals surface area contributed by atoms with E-state index in [-0.39, 0.29) is 0 Å². The Kier molecular flexibility index (Phi) is 5.37. The third-order valence-electron chi connectivity index (χ3n) is 6.36. The van der Waals surface area contributed by atoms with Gasteiger partial charge in [-0.2, -0.15) is 0 Å². The van der Waals surface area contributed by atoms with E-state index >= 15 is 0 Å². The van der Waals surface area contributed by atoms with Crippen molar-refractivity contribution in [3.8, 4) is 11.1 Å². The van der Waals surface area contributed by atoms with E-state index in [0.717, 1.165) is 11.9 Å². The van der Waals surface area contributed by atoms with Crippen LogP contribution in [0.4, 0.5) is 0 Å². The first-order valence-electron chi connectivity index (χ1n) is 10.7. The van der Waals surface area contributed by atoms with E-state index in [9.17, 15) is 4.79 Å². The second-order valence-corrected chi connectivity index (χ2v) is 8.48. The molecule has 0 bridgehead atoms. The van der Waals surface area contributed by atoms with Gasteiger partial charge in [0.15, 0.2) is 0 Å². The molecule has 0 radical (unpaired) electrons. The van der Waals surface area contributed by atoms with Gasteiger partial charge in [-0.1, -0.05) is 102 Å². The van der Waals surface area contributed by atoms with Gasteiger partial charge < -0.3 is 0 Å². The van der Waals surface area contributed by atoms with Crippen molar-refractivity contribution in [2.24, 2.45) is 0 Å². The molecule has 0 N–H and O–H groups in total. The lowest BCUT2D eigenvalue weighted by Crippen LogP contribution is -2.28. The van der Waals surface area contributed by atoms with Crippen molar-refractivity contribution in [2.45, 2.75) is 33.1 Å². The summed E-state index contributed by atoms with van der Waals surface area (Å²) in [6.07, 6.45) is 6.58.